The summed E-state index contributed by atoms with van der Waals surface area (Å²) in [4.78, 5) is 22.0. The first-order valence-electron chi connectivity index (χ1n) is 8.36. The summed E-state index contributed by atoms with van der Waals surface area (Å²) in [5.41, 5.74) is 2.64. The lowest BCUT2D eigenvalue weighted by Crippen LogP contribution is -2.12. The van der Waals surface area contributed by atoms with Crippen LogP contribution in [0.4, 0.5) is 5.69 Å². The van der Waals surface area contributed by atoms with Crippen molar-refractivity contribution in [1.29, 1.82) is 0 Å². The molecule has 1 aromatic carbocycles. The van der Waals surface area contributed by atoms with E-state index in [1.54, 1.807) is 22.7 Å². The number of benzene rings is 1. The highest BCUT2D eigenvalue weighted by atomic mass is 32.1. The number of carbonyl (C=O) groups is 1. The number of amides is 1. The van der Waals surface area contributed by atoms with Crippen LogP contribution in [-0.2, 0) is 11.2 Å². The monoisotopic (exact) mass is 396 g/mol. The van der Waals surface area contributed by atoms with Crippen LogP contribution in [0.25, 0.3) is 22.0 Å². The van der Waals surface area contributed by atoms with E-state index in [-0.39, 0.29) is 12.3 Å². The van der Waals surface area contributed by atoms with E-state index in [9.17, 15) is 4.79 Å². The van der Waals surface area contributed by atoms with Crippen molar-refractivity contribution in [2.45, 2.75) is 19.8 Å². The van der Waals surface area contributed by atoms with Crippen molar-refractivity contribution in [3.8, 4) is 22.0 Å². The molecule has 0 spiro atoms. The van der Waals surface area contributed by atoms with Gasteiger partial charge in [0.05, 0.1) is 15.6 Å². The first kappa shape index (κ1) is 17.6. The molecule has 0 unspecified atom stereocenters. The number of hydrogen-bond acceptors (Lipinski definition) is 7. The van der Waals surface area contributed by atoms with E-state index >= 15 is 0 Å². The molecule has 3 heterocycles. The van der Waals surface area contributed by atoms with Gasteiger partial charge in [-0.15, -0.1) is 22.7 Å². The van der Waals surface area contributed by atoms with E-state index in [4.69, 9.17) is 4.52 Å². The standard InChI is InChI=1S/C19H16N4O2S2/c1-12-20-15(11-27-12)13-4-2-5-14(10-13)21-17(24)7-8-18-22-19(23-25-18)16-6-3-9-26-16/h2-6,9-11H,7-8H2,1H3,(H,21,24). The van der Waals surface area contributed by atoms with Gasteiger partial charge in [-0.25, -0.2) is 4.98 Å². The van der Waals surface area contributed by atoms with Crippen molar-refractivity contribution >= 4 is 34.3 Å². The highest BCUT2D eigenvalue weighted by molar-refractivity contribution is 7.13. The zero-order valence-electron chi connectivity index (χ0n) is 14.5. The smallest absolute Gasteiger partial charge is 0.227 e. The predicted molar refractivity (Wildman–Crippen MR) is 107 cm³/mol. The molecule has 6 nitrogen and oxygen atoms in total. The van der Waals surface area contributed by atoms with E-state index in [1.165, 1.54) is 0 Å². The molecular weight excluding hydrogens is 380 g/mol. The van der Waals surface area contributed by atoms with Crippen molar-refractivity contribution in [2.75, 3.05) is 5.32 Å². The molecule has 4 rings (SSSR count). The Morgan fingerprint density at radius 3 is 2.89 bits per heavy atom. The van der Waals surface area contributed by atoms with Gasteiger partial charge in [-0.1, -0.05) is 23.4 Å². The molecule has 0 aliphatic rings. The topological polar surface area (TPSA) is 80.9 Å². The Hall–Kier alpha value is -2.84. The molecule has 1 N–H and O–H groups in total. The van der Waals surface area contributed by atoms with Gasteiger partial charge in [-0.05, 0) is 30.5 Å². The highest BCUT2D eigenvalue weighted by Crippen LogP contribution is 2.24. The Morgan fingerprint density at radius 1 is 1.19 bits per heavy atom. The summed E-state index contributed by atoms with van der Waals surface area (Å²) >= 11 is 3.15. The zero-order valence-corrected chi connectivity index (χ0v) is 16.1. The summed E-state index contributed by atoms with van der Waals surface area (Å²) in [6, 6.07) is 11.5. The molecule has 0 bridgehead atoms. The average Bonchev–Trinajstić information content (AvgIpc) is 3.41. The summed E-state index contributed by atoms with van der Waals surface area (Å²) in [6.45, 7) is 1.97. The van der Waals surface area contributed by atoms with Crippen molar-refractivity contribution < 1.29 is 9.32 Å². The number of thiophene rings is 1. The van der Waals surface area contributed by atoms with Crippen molar-refractivity contribution in [2.24, 2.45) is 0 Å². The molecular formula is C19H16N4O2S2. The fourth-order valence-electron chi connectivity index (χ4n) is 2.56. The maximum atomic E-state index is 12.3. The Balaban J connectivity index is 1.36. The van der Waals surface area contributed by atoms with Gasteiger partial charge < -0.3 is 9.84 Å². The number of rotatable bonds is 6. The molecule has 0 saturated carbocycles. The fourth-order valence-corrected chi connectivity index (χ4v) is 3.83. The summed E-state index contributed by atoms with van der Waals surface area (Å²) in [5, 5.41) is 11.9. The molecule has 0 aliphatic carbocycles. The Morgan fingerprint density at radius 2 is 2.11 bits per heavy atom. The van der Waals surface area contributed by atoms with Gasteiger partial charge >= 0.3 is 0 Å². The maximum absolute atomic E-state index is 12.3. The van der Waals surface area contributed by atoms with Crippen LogP contribution in [-0.4, -0.2) is 21.0 Å². The number of aryl methyl sites for hydroxylation is 2. The predicted octanol–water partition coefficient (Wildman–Crippen LogP) is 4.80. The van der Waals surface area contributed by atoms with Gasteiger partial charge in [0.2, 0.25) is 17.6 Å². The lowest BCUT2D eigenvalue weighted by Gasteiger charge is -2.06. The Labute approximate surface area is 163 Å². The second kappa shape index (κ2) is 7.81. The zero-order chi connectivity index (χ0) is 18.6. The largest absolute Gasteiger partial charge is 0.339 e. The minimum absolute atomic E-state index is 0.0996. The number of carbonyl (C=O) groups excluding carboxylic acids is 1. The molecule has 0 fully saturated rings. The number of hydrogen-bond donors (Lipinski definition) is 1. The minimum atomic E-state index is -0.0996. The van der Waals surface area contributed by atoms with E-state index in [0.29, 0.717) is 18.1 Å². The average molecular weight is 396 g/mol. The first-order valence-corrected chi connectivity index (χ1v) is 10.1. The van der Waals surface area contributed by atoms with Gasteiger partial charge in [-0.3, -0.25) is 4.79 Å². The summed E-state index contributed by atoms with van der Waals surface area (Å²) in [5.74, 6) is 0.921. The van der Waals surface area contributed by atoms with Gasteiger partial charge in [0.25, 0.3) is 0 Å². The summed E-state index contributed by atoms with van der Waals surface area (Å²) in [7, 11) is 0. The third kappa shape index (κ3) is 4.29. The quantitative estimate of drug-likeness (QED) is 0.506. The molecule has 8 heteroatoms. The van der Waals surface area contributed by atoms with Crippen LogP contribution in [0.15, 0.2) is 51.7 Å². The summed E-state index contributed by atoms with van der Waals surface area (Å²) in [6.07, 6.45) is 0.668. The van der Waals surface area contributed by atoms with Crippen LogP contribution in [0.3, 0.4) is 0 Å². The molecule has 1 amide bonds. The molecule has 4 aromatic rings. The van der Waals surface area contributed by atoms with Crippen LogP contribution < -0.4 is 5.32 Å². The number of thiazole rings is 1. The van der Waals surface area contributed by atoms with Gasteiger partial charge in [-0.2, -0.15) is 4.98 Å². The van der Waals surface area contributed by atoms with E-state index < -0.39 is 0 Å². The van der Waals surface area contributed by atoms with Gasteiger partial charge in [0, 0.05) is 29.5 Å². The van der Waals surface area contributed by atoms with E-state index in [1.807, 2.05) is 54.1 Å². The minimum Gasteiger partial charge on any atom is -0.339 e. The van der Waals surface area contributed by atoms with Crippen LogP contribution >= 0.6 is 22.7 Å². The number of nitrogens with one attached hydrogen (secondary N) is 1. The van der Waals surface area contributed by atoms with E-state index in [2.05, 4.69) is 20.4 Å². The normalized spacial score (nSPS) is 10.9. The van der Waals surface area contributed by atoms with Crippen LogP contribution in [0.1, 0.15) is 17.3 Å². The molecule has 0 radical (unpaired) electrons. The first-order chi connectivity index (χ1) is 13.2. The molecule has 27 heavy (non-hydrogen) atoms. The van der Waals surface area contributed by atoms with Crippen molar-refractivity contribution in [1.82, 2.24) is 15.1 Å². The lowest BCUT2D eigenvalue weighted by atomic mass is 10.1. The molecule has 136 valence electrons. The second-order valence-electron chi connectivity index (χ2n) is 5.87. The van der Waals surface area contributed by atoms with Gasteiger partial charge in [0.1, 0.15) is 0 Å². The van der Waals surface area contributed by atoms with Gasteiger partial charge in [0.15, 0.2) is 0 Å². The Bertz CT molecular complexity index is 1050. The number of anilines is 1. The number of aromatic nitrogens is 3. The molecule has 3 aromatic heterocycles. The van der Waals surface area contributed by atoms with Crippen LogP contribution in [0.2, 0.25) is 0 Å². The Kier molecular flexibility index (Phi) is 5.08. The van der Waals surface area contributed by atoms with Crippen molar-refractivity contribution in [3.05, 3.63) is 58.1 Å². The third-order valence-electron chi connectivity index (χ3n) is 3.84. The summed E-state index contributed by atoms with van der Waals surface area (Å²) < 4.78 is 5.23. The molecule has 0 atom stereocenters. The second-order valence-corrected chi connectivity index (χ2v) is 7.88. The van der Waals surface area contributed by atoms with Crippen LogP contribution in [0, 0.1) is 6.92 Å². The third-order valence-corrected chi connectivity index (χ3v) is 5.48. The van der Waals surface area contributed by atoms with Crippen LogP contribution in [0.5, 0.6) is 0 Å². The fraction of sp³-hybridized carbons (Fsp3) is 0.158. The molecule has 0 saturated heterocycles. The highest BCUT2D eigenvalue weighted by Gasteiger charge is 2.12. The molecule has 0 aliphatic heterocycles. The number of nitrogens with zero attached hydrogens (tertiary/aromatic N) is 3. The maximum Gasteiger partial charge on any atom is 0.227 e. The SMILES string of the molecule is Cc1nc(-c2cccc(NC(=O)CCc3nc(-c4cccs4)no3)c2)cs1. The van der Waals surface area contributed by atoms with E-state index in [0.717, 1.165) is 26.8 Å². The van der Waals surface area contributed by atoms with Crippen molar-refractivity contribution in [3.63, 3.8) is 0 Å². The lowest BCUT2D eigenvalue weighted by molar-refractivity contribution is -0.116.